The highest BCUT2D eigenvalue weighted by molar-refractivity contribution is 5.85. The molecule has 1 N–H and O–H groups in total. The van der Waals surface area contributed by atoms with Gasteiger partial charge >= 0.3 is 0 Å². The average molecular weight is 332 g/mol. The predicted molar refractivity (Wildman–Crippen MR) is 86.2 cm³/mol. The zero-order valence-electron chi connectivity index (χ0n) is 13.0. The van der Waals surface area contributed by atoms with Crippen LogP contribution in [0.1, 0.15) is 12.5 Å². The van der Waals surface area contributed by atoms with Crippen LogP contribution in [0.4, 0.5) is 5.69 Å². The summed E-state index contributed by atoms with van der Waals surface area (Å²) in [5.74, 6) is 0.892. The topological polar surface area (TPSA) is 76.9 Å². The van der Waals surface area contributed by atoms with Gasteiger partial charge in [0.15, 0.2) is 11.5 Å². The minimum absolute atomic E-state index is 0. The van der Waals surface area contributed by atoms with E-state index in [-0.39, 0.29) is 23.0 Å². The van der Waals surface area contributed by atoms with E-state index in [4.69, 9.17) is 9.47 Å². The quantitative estimate of drug-likeness (QED) is 0.655. The number of nitro benzene ring substituents is 1. The van der Waals surface area contributed by atoms with Gasteiger partial charge in [0.1, 0.15) is 0 Å². The van der Waals surface area contributed by atoms with E-state index in [0.717, 1.165) is 19.6 Å². The Labute approximate surface area is 136 Å². The van der Waals surface area contributed by atoms with Gasteiger partial charge in [-0.25, -0.2) is 0 Å². The number of benzene rings is 1. The summed E-state index contributed by atoms with van der Waals surface area (Å²) in [5, 5.41) is 14.6. The van der Waals surface area contributed by atoms with E-state index in [1.165, 1.54) is 20.3 Å². The average Bonchev–Trinajstić information content (AvgIpc) is 2.46. The highest BCUT2D eigenvalue weighted by atomic mass is 35.5. The van der Waals surface area contributed by atoms with Crippen LogP contribution in [0.5, 0.6) is 11.5 Å². The molecule has 0 radical (unpaired) electrons. The lowest BCUT2D eigenvalue weighted by Crippen LogP contribution is -2.48. The largest absolute Gasteiger partial charge is 0.493 e. The molecule has 1 atom stereocenters. The fourth-order valence-electron chi connectivity index (χ4n) is 2.60. The minimum atomic E-state index is -0.372. The van der Waals surface area contributed by atoms with Crippen molar-refractivity contribution < 1.29 is 14.4 Å². The van der Waals surface area contributed by atoms with Gasteiger partial charge in [-0.1, -0.05) is 0 Å². The van der Waals surface area contributed by atoms with Gasteiger partial charge in [0, 0.05) is 37.8 Å². The van der Waals surface area contributed by atoms with Gasteiger partial charge in [-0.3, -0.25) is 15.0 Å². The Bertz CT molecular complexity index is 527. The van der Waals surface area contributed by atoms with E-state index in [9.17, 15) is 10.1 Å². The van der Waals surface area contributed by atoms with Crippen LogP contribution in [-0.4, -0.2) is 49.7 Å². The lowest BCUT2D eigenvalue weighted by Gasteiger charge is -2.31. The van der Waals surface area contributed by atoms with Crippen LogP contribution in [-0.2, 0) is 6.54 Å². The highest BCUT2D eigenvalue weighted by Gasteiger charge is 2.23. The van der Waals surface area contributed by atoms with E-state index in [2.05, 4.69) is 17.1 Å². The third-order valence-electron chi connectivity index (χ3n) is 3.63. The number of halogens is 1. The molecule has 1 aliphatic heterocycles. The molecular formula is C14H22ClN3O4. The Balaban J connectivity index is 0.00000242. The highest BCUT2D eigenvalue weighted by Crippen LogP contribution is 2.35. The second-order valence-electron chi connectivity index (χ2n) is 5.18. The zero-order valence-corrected chi connectivity index (χ0v) is 13.8. The van der Waals surface area contributed by atoms with Gasteiger partial charge < -0.3 is 14.8 Å². The first-order valence-electron chi connectivity index (χ1n) is 6.90. The number of hydrogen-bond donors (Lipinski definition) is 1. The first-order chi connectivity index (χ1) is 10.0. The summed E-state index contributed by atoms with van der Waals surface area (Å²) < 4.78 is 10.4. The summed E-state index contributed by atoms with van der Waals surface area (Å²) in [5.41, 5.74) is 0.714. The maximum absolute atomic E-state index is 11.3. The molecule has 2 rings (SSSR count). The lowest BCUT2D eigenvalue weighted by atomic mass is 10.1. The Morgan fingerprint density at radius 2 is 2.00 bits per heavy atom. The zero-order chi connectivity index (χ0) is 15.4. The van der Waals surface area contributed by atoms with E-state index in [1.54, 1.807) is 6.07 Å². The van der Waals surface area contributed by atoms with Gasteiger partial charge in [-0.05, 0) is 13.0 Å². The molecule has 1 heterocycles. The van der Waals surface area contributed by atoms with Crippen LogP contribution in [0.2, 0.25) is 0 Å². The molecule has 1 aromatic rings. The third-order valence-corrected chi connectivity index (χ3v) is 3.63. The summed E-state index contributed by atoms with van der Waals surface area (Å²) in [7, 11) is 3.00. The van der Waals surface area contributed by atoms with Gasteiger partial charge in [-0.15, -0.1) is 12.4 Å². The molecular weight excluding hydrogens is 310 g/mol. The van der Waals surface area contributed by atoms with Crippen LogP contribution in [0.15, 0.2) is 12.1 Å². The van der Waals surface area contributed by atoms with Crippen molar-refractivity contribution in [3.05, 3.63) is 27.8 Å². The summed E-state index contributed by atoms with van der Waals surface area (Å²) in [6, 6.07) is 3.52. The van der Waals surface area contributed by atoms with Gasteiger partial charge in [0.25, 0.3) is 5.69 Å². The molecule has 8 heteroatoms. The molecule has 7 nitrogen and oxygen atoms in total. The number of piperazine rings is 1. The SMILES string of the molecule is COc1cc(CN2CCN[C@@H](C)C2)c([N+](=O)[O-])cc1OC.Cl. The first kappa shape index (κ1) is 18.5. The van der Waals surface area contributed by atoms with Crippen LogP contribution in [0, 0.1) is 10.1 Å². The fraction of sp³-hybridized carbons (Fsp3) is 0.571. The number of nitrogens with one attached hydrogen (secondary N) is 1. The van der Waals surface area contributed by atoms with E-state index in [1.807, 2.05) is 0 Å². The van der Waals surface area contributed by atoms with Gasteiger partial charge in [0.2, 0.25) is 0 Å². The van der Waals surface area contributed by atoms with Gasteiger partial charge in [0.05, 0.1) is 25.2 Å². The van der Waals surface area contributed by atoms with E-state index < -0.39 is 0 Å². The summed E-state index contributed by atoms with van der Waals surface area (Å²) in [6.07, 6.45) is 0. The Morgan fingerprint density at radius 1 is 1.36 bits per heavy atom. The number of nitrogens with zero attached hydrogens (tertiary/aromatic N) is 2. The third kappa shape index (κ3) is 4.22. The molecule has 0 bridgehead atoms. The number of ether oxygens (including phenoxy) is 2. The van der Waals surface area contributed by atoms with Crippen LogP contribution >= 0.6 is 12.4 Å². The molecule has 0 amide bonds. The molecule has 22 heavy (non-hydrogen) atoms. The maximum Gasteiger partial charge on any atom is 0.277 e. The number of nitro groups is 1. The minimum Gasteiger partial charge on any atom is -0.493 e. The monoisotopic (exact) mass is 331 g/mol. The molecule has 1 aliphatic rings. The second-order valence-corrected chi connectivity index (χ2v) is 5.18. The molecule has 1 saturated heterocycles. The first-order valence-corrected chi connectivity index (χ1v) is 6.90. The predicted octanol–water partition coefficient (Wildman–Crippen LogP) is 1.83. The summed E-state index contributed by atoms with van der Waals surface area (Å²) in [4.78, 5) is 13.1. The molecule has 124 valence electrons. The molecule has 0 saturated carbocycles. The fourth-order valence-corrected chi connectivity index (χ4v) is 2.60. The van der Waals surface area contributed by atoms with Crippen molar-refractivity contribution in [2.45, 2.75) is 19.5 Å². The van der Waals surface area contributed by atoms with E-state index >= 15 is 0 Å². The molecule has 0 unspecified atom stereocenters. The maximum atomic E-state index is 11.3. The van der Waals surface area contributed by atoms with Crippen molar-refractivity contribution in [2.24, 2.45) is 0 Å². The molecule has 0 aliphatic carbocycles. The normalized spacial score (nSPS) is 18.4. The molecule has 1 aromatic carbocycles. The Hall–Kier alpha value is -1.57. The number of methoxy groups -OCH3 is 2. The van der Waals surface area contributed by atoms with Crippen LogP contribution in [0.25, 0.3) is 0 Å². The van der Waals surface area contributed by atoms with Crippen molar-refractivity contribution in [1.29, 1.82) is 0 Å². The Morgan fingerprint density at radius 3 is 2.55 bits per heavy atom. The Kier molecular flexibility index (Phi) is 6.86. The molecule has 1 fully saturated rings. The van der Waals surface area contributed by atoms with Crippen molar-refractivity contribution in [3.8, 4) is 11.5 Å². The summed E-state index contributed by atoms with van der Waals surface area (Å²) >= 11 is 0. The van der Waals surface area contributed by atoms with Crippen molar-refractivity contribution in [3.63, 3.8) is 0 Å². The number of hydrogen-bond acceptors (Lipinski definition) is 6. The van der Waals surface area contributed by atoms with Crippen molar-refractivity contribution in [1.82, 2.24) is 10.2 Å². The summed E-state index contributed by atoms with van der Waals surface area (Å²) in [6.45, 7) is 5.27. The van der Waals surface area contributed by atoms with Gasteiger partial charge in [-0.2, -0.15) is 0 Å². The van der Waals surface area contributed by atoms with Crippen LogP contribution < -0.4 is 14.8 Å². The van der Waals surface area contributed by atoms with E-state index in [0.29, 0.717) is 29.6 Å². The second kappa shape index (κ2) is 8.17. The molecule has 0 spiro atoms. The molecule has 0 aromatic heterocycles. The smallest absolute Gasteiger partial charge is 0.277 e. The standard InChI is InChI=1S/C14H21N3O4.ClH/c1-10-8-16(5-4-15-10)9-11-6-13(20-2)14(21-3)7-12(11)17(18)19;/h6-7,10,15H,4-5,8-9H2,1-3H3;1H/t10-;/m0./s1. The van der Waals surface area contributed by atoms with Crippen molar-refractivity contribution >= 4 is 18.1 Å². The lowest BCUT2D eigenvalue weighted by molar-refractivity contribution is -0.385. The number of rotatable bonds is 5. The van der Waals surface area contributed by atoms with Crippen LogP contribution in [0.3, 0.4) is 0 Å². The van der Waals surface area contributed by atoms with Crippen molar-refractivity contribution in [2.75, 3.05) is 33.9 Å².